The molecule has 1 heterocycles. The molecule has 8 nitrogen and oxygen atoms in total. The molecule has 1 aliphatic rings. The summed E-state index contributed by atoms with van der Waals surface area (Å²) in [4.78, 5) is 34.9. The van der Waals surface area contributed by atoms with E-state index in [1.807, 2.05) is 18.2 Å². The van der Waals surface area contributed by atoms with Crippen molar-refractivity contribution in [2.75, 3.05) is 5.32 Å². The Kier molecular flexibility index (Phi) is 5.83. The number of ether oxygens (including phenoxy) is 1. The molecule has 2 N–H and O–H groups in total. The number of nitrogens with zero attached hydrogens (tertiary/aromatic N) is 1. The van der Waals surface area contributed by atoms with Gasteiger partial charge in [0.05, 0.1) is 38.0 Å². The Balaban J connectivity index is 1.53. The van der Waals surface area contributed by atoms with Gasteiger partial charge in [0.25, 0.3) is 5.69 Å². The van der Waals surface area contributed by atoms with Gasteiger partial charge >= 0.3 is 5.97 Å². The highest BCUT2D eigenvalue weighted by molar-refractivity contribution is 6.42. The van der Waals surface area contributed by atoms with E-state index in [1.54, 1.807) is 30.3 Å². The molecular weight excluding hydrogens is 507 g/mol. The quantitative estimate of drug-likeness (QED) is 0.106. The first-order chi connectivity index (χ1) is 17.2. The topological polar surface area (TPSA) is 119 Å². The van der Waals surface area contributed by atoms with Crippen LogP contribution >= 0.6 is 23.2 Å². The number of anilines is 2. The Bertz CT molecular complexity index is 1650. The summed E-state index contributed by atoms with van der Waals surface area (Å²) < 4.78 is 5.89. The summed E-state index contributed by atoms with van der Waals surface area (Å²) in [5.41, 5.74) is 1.06. The monoisotopic (exact) mass is 520 g/mol. The number of rotatable bonds is 5. The van der Waals surface area contributed by atoms with Crippen LogP contribution in [0, 0.1) is 10.1 Å². The SMILES string of the molecule is O=C(/C=C/c1cccc2cc3c(cc12)Oc1cc([N+](=O)[O-])cc(C(=O)O)c1N3)c1ccc(Cl)c(Cl)c1. The van der Waals surface area contributed by atoms with E-state index in [0.717, 1.165) is 22.4 Å². The molecule has 4 aromatic rings. The minimum atomic E-state index is -1.32. The van der Waals surface area contributed by atoms with Crippen molar-refractivity contribution in [1.82, 2.24) is 0 Å². The van der Waals surface area contributed by atoms with Crippen LogP contribution in [0.4, 0.5) is 17.1 Å². The zero-order chi connectivity index (χ0) is 25.6. The lowest BCUT2D eigenvalue weighted by Gasteiger charge is -2.23. The molecule has 0 aliphatic carbocycles. The predicted octanol–water partition coefficient (Wildman–Crippen LogP) is 7.50. The number of fused-ring (bicyclic) bond motifs is 3. The van der Waals surface area contributed by atoms with Crippen LogP contribution in [-0.4, -0.2) is 21.8 Å². The lowest BCUT2D eigenvalue weighted by Crippen LogP contribution is -2.10. The molecule has 0 saturated carbocycles. The fourth-order valence-electron chi connectivity index (χ4n) is 3.91. The molecule has 0 radical (unpaired) electrons. The van der Waals surface area contributed by atoms with Gasteiger partial charge in [-0.3, -0.25) is 14.9 Å². The zero-order valence-corrected chi connectivity index (χ0v) is 19.6. The van der Waals surface area contributed by atoms with E-state index < -0.39 is 16.6 Å². The molecule has 0 atom stereocenters. The lowest BCUT2D eigenvalue weighted by atomic mass is 10.0. The van der Waals surface area contributed by atoms with Crippen LogP contribution < -0.4 is 10.1 Å². The first-order valence-corrected chi connectivity index (χ1v) is 11.2. The van der Waals surface area contributed by atoms with Crippen molar-refractivity contribution >= 4 is 68.9 Å². The third-order valence-electron chi connectivity index (χ3n) is 5.64. The van der Waals surface area contributed by atoms with E-state index in [0.29, 0.717) is 22.0 Å². The van der Waals surface area contributed by atoms with Crippen molar-refractivity contribution in [3.8, 4) is 11.5 Å². The number of benzene rings is 4. The van der Waals surface area contributed by atoms with Crippen molar-refractivity contribution in [1.29, 1.82) is 0 Å². The fraction of sp³-hybridized carbons (Fsp3) is 0. The molecule has 0 spiro atoms. The molecule has 0 saturated heterocycles. The summed E-state index contributed by atoms with van der Waals surface area (Å²) >= 11 is 11.9. The second-order valence-corrected chi connectivity index (χ2v) is 8.71. The van der Waals surface area contributed by atoms with Crippen molar-refractivity contribution in [2.45, 2.75) is 0 Å². The maximum atomic E-state index is 12.6. The molecule has 1 aliphatic heterocycles. The van der Waals surface area contributed by atoms with Gasteiger partial charge in [0.1, 0.15) is 0 Å². The Morgan fingerprint density at radius 1 is 1.00 bits per heavy atom. The maximum absolute atomic E-state index is 12.6. The van der Waals surface area contributed by atoms with E-state index in [2.05, 4.69) is 5.32 Å². The minimum Gasteiger partial charge on any atom is -0.478 e. The van der Waals surface area contributed by atoms with Crippen LogP contribution in [0.25, 0.3) is 16.8 Å². The zero-order valence-electron chi connectivity index (χ0n) is 18.1. The van der Waals surface area contributed by atoms with Crippen LogP contribution in [-0.2, 0) is 0 Å². The lowest BCUT2D eigenvalue weighted by molar-refractivity contribution is -0.384. The third kappa shape index (κ3) is 4.24. The Hall–Kier alpha value is -4.40. The largest absolute Gasteiger partial charge is 0.478 e. The molecule has 178 valence electrons. The average molecular weight is 521 g/mol. The number of ketones is 1. The molecule has 4 aromatic carbocycles. The number of halogens is 2. The number of nitro benzene ring substituents is 1. The second-order valence-electron chi connectivity index (χ2n) is 7.90. The molecule has 0 amide bonds. The third-order valence-corrected chi connectivity index (χ3v) is 6.38. The molecule has 0 fully saturated rings. The number of aromatic carboxylic acids is 1. The summed E-state index contributed by atoms with van der Waals surface area (Å²) in [6.07, 6.45) is 3.09. The Morgan fingerprint density at radius 3 is 2.53 bits per heavy atom. The van der Waals surface area contributed by atoms with E-state index >= 15 is 0 Å². The molecule has 0 unspecified atom stereocenters. The van der Waals surface area contributed by atoms with Gasteiger partial charge in [-0.05, 0) is 52.7 Å². The van der Waals surface area contributed by atoms with E-state index in [-0.39, 0.29) is 27.8 Å². The number of nitro groups is 1. The summed E-state index contributed by atoms with van der Waals surface area (Å²) in [5, 5.41) is 26.0. The Morgan fingerprint density at radius 2 is 1.81 bits per heavy atom. The number of carbonyl (C=O) groups excluding carboxylic acids is 1. The summed E-state index contributed by atoms with van der Waals surface area (Å²) in [6, 6.07) is 15.8. The first-order valence-electron chi connectivity index (χ1n) is 10.5. The van der Waals surface area contributed by atoms with Crippen molar-refractivity contribution in [2.24, 2.45) is 0 Å². The van der Waals surface area contributed by atoms with Gasteiger partial charge in [-0.15, -0.1) is 0 Å². The van der Waals surface area contributed by atoms with Crippen molar-refractivity contribution in [3.05, 3.63) is 104 Å². The van der Waals surface area contributed by atoms with E-state index in [1.165, 1.54) is 18.2 Å². The van der Waals surface area contributed by atoms with E-state index in [9.17, 15) is 24.8 Å². The average Bonchev–Trinajstić information content (AvgIpc) is 2.85. The number of non-ortho nitro benzene ring substituents is 1. The molecule has 0 bridgehead atoms. The maximum Gasteiger partial charge on any atom is 0.338 e. The number of carboxylic acid groups (broad SMARTS) is 1. The summed E-state index contributed by atoms with van der Waals surface area (Å²) in [6.45, 7) is 0. The first kappa shape index (κ1) is 23.3. The van der Waals surface area contributed by atoms with Crippen LogP contribution in [0.15, 0.2) is 66.7 Å². The highest BCUT2D eigenvalue weighted by Gasteiger charge is 2.27. The van der Waals surface area contributed by atoms with Crippen LogP contribution in [0.3, 0.4) is 0 Å². The molecule has 0 aromatic heterocycles. The predicted molar refractivity (Wildman–Crippen MR) is 137 cm³/mol. The fourth-order valence-corrected chi connectivity index (χ4v) is 4.20. The normalized spacial score (nSPS) is 11.9. The summed E-state index contributed by atoms with van der Waals surface area (Å²) in [7, 11) is 0. The number of carbonyl (C=O) groups is 2. The number of hydrogen-bond acceptors (Lipinski definition) is 6. The smallest absolute Gasteiger partial charge is 0.338 e. The van der Waals surface area contributed by atoms with Crippen LogP contribution in [0.1, 0.15) is 26.3 Å². The van der Waals surface area contributed by atoms with Gasteiger partial charge in [-0.2, -0.15) is 0 Å². The van der Waals surface area contributed by atoms with Gasteiger partial charge in [0.2, 0.25) is 0 Å². The number of allylic oxidation sites excluding steroid dienone is 1. The van der Waals surface area contributed by atoms with Gasteiger partial charge in [0, 0.05) is 11.6 Å². The van der Waals surface area contributed by atoms with Gasteiger partial charge in [-0.1, -0.05) is 47.5 Å². The van der Waals surface area contributed by atoms with Crippen molar-refractivity contribution < 1.29 is 24.4 Å². The number of nitrogens with one attached hydrogen (secondary N) is 1. The van der Waals surface area contributed by atoms with E-state index in [4.69, 9.17) is 27.9 Å². The number of hydrogen-bond donors (Lipinski definition) is 2. The second kappa shape index (κ2) is 8.99. The minimum absolute atomic E-state index is 0.0243. The highest BCUT2D eigenvalue weighted by atomic mass is 35.5. The molecule has 36 heavy (non-hydrogen) atoms. The molecular formula is C26H14Cl2N2O6. The number of carboxylic acids is 1. The van der Waals surface area contributed by atoms with Crippen LogP contribution in [0.2, 0.25) is 10.0 Å². The van der Waals surface area contributed by atoms with Gasteiger partial charge in [-0.25, -0.2) is 4.79 Å². The Labute approximate surface area is 213 Å². The van der Waals surface area contributed by atoms with Gasteiger partial charge < -0.3 is 15.2 Å². The standard InChI is InChI=1S/C26H14Cl2N2O6/c27-19-6-4-15(8-20(19)28)22(31)7-5-13-2-1-3-14-9-21-23(12-17(13)14)36-24-11-16(30(34)35)10-18(26(32)33)25(24)29-21/h1-12,29H,(H,32,33)/b7-5+. The van der Waals surface area contributed by atoms with Crippen LogP contribution in [0.5, 0.6) is 11.5 Å². The van der Waals surface area contributed by atoms with Crippen molar-refractivity contribution in [3.63, 3.8) is 0 Å². The molecule has 5 rings (SSSR count). The van der Waals surface area contributed by atoms with Gasteiger partial charge in [0.15, 0.2) is 17.3 Å². The molecule has 10 heteroatoms. The highest BCUT2D eigenvalue weighted by Crippen LogP contribution is 2.47. The summed E-state index contributed by atoms with van der Waals surface area (Å²) in [5.74, 6) is -1.21.